The number of hydrogen-bond acceptors (Lipinski definition) is 2. The molecule has 2 rings (SSSR count). The zero-order valence-electron chi connectivity index (χ0n) is 10.3. The topological polar surface area (TPSA) is 26.2 Å². The molecule has 1 aromatic heterocycles. The Hall–Kier alpha value is -1.74. The molecule has 3 nitrogen and oxygen atoms in total. The van der Waals surface area contributed by atoms with Gasteiger partial charge in [-0.05, 0) is 18.2 Å². The van der Waals surface area contributed by atoms with Gasteiger partial charge < -0.3 is 14.6 Å². The number of nitrogens with one attached hydrogen (secondary N) is 1. The van der Waals surface area contributed by atoms with Crippen molar-refractivity contribution < 1.29 is 4.74 Å². The van der Waals surface area contributed by atoms with Crippen LogP contribution in [0, 0.1) is 0 Å². The van der Waals surface area contributed by atoms with Crippen molar-refractivity contribution in [2.75, 3.05) is 12.4 Å². The van der Waals surface area contributed by atoms with Crippen molar-refractivity contribution in [1.29, 1.82) is 0 Å². The first-order valence-electron chi connectivity index (χ1n) is 5.72. The van der Waals surface area contributed by atoms with Crippen molar-refractivity contribution >= 4 is 5.69 Å². The summed E-state index contributed by atoms with van der Waals surface area (Å²) in [6, 6.07) is 12.4. The van der Waals surface area contributed by atoms with E-state index in [1.807, 2.05) is 12.1 Å². The Labute approximate surface area is 102 Å². The molecule has 1 aromatic carbocycles. The molecule has 90 valence electrons. The van der Waals surface area contributed by atoms with Gasteiger partial charge in [0.15, 0.2) is 0 Å². The van der Waals surface area contributed by atoms with Crippen LogP contribution in [0.15, 0.2) is 42.6 Å². The molecule has 0 saturated carbocycles. The molecule has 0 saturated heterocycles. The average Bonchev–Trinajstić information content (AvgIpc) is 2.74. The number of para-hydroxylation sites is 1. The monoisotopic (exact) mass is 230 g/mol. The molecule has 0 unspecified atom stereocenters. The highest BCUT2D eigenvalue weighted by atomic mass is 16.5. The van der Waals surface area contributed by atoms with Gasteiger partial charge in [-0.2, -0.15) is 0 Å². The number of rotatable bonds is 5. The molecular formula is C14H18N2O. The third-order valence-corrected chi connectivity index (χ3v) is 2.83. The van der Waals surface area contributed by atoms with E-state index in [1.54, 1.807) is 7.11 Å². The number of hydrogen-bond donors (Lipinski definition) is 1. The maximum atomic E-state index is 5.18. The lowest BCUT2D eigenvalue weighted by atomic mass is 10.2. The Morgan fingerprint density at radius 3 is 2.71 bits per heavy atom. The lowest BCUT2D eigenvalue weighted by Crippen LogP contribution is -2.06. The van der Waals surface area contributed by atoms with Gasteiger partial charge in [0.05, 0.1) is 13.2 Å². The number of anilines is 1. The van der Waals surface area contributed by atoms with Gasteiger partial charge in [-0.1, -0.05) is 18.2 Å². The summed E-state index contributed by atoms with van der Waals surface area (Å²) in [5, 5.41) is 3.44. The van der Waals surface area contributed by atoms with Crippen LogP contribution in [-0.4, -0.2) is 11.7 Å². The van der Waals surface area contributed by atoms with Gasteiger partial charge in [0, 0.05) is 37.3 Å². The Morgan fingerprint density at radius 2 is 2.00 bits per heavy atom. The highest BCUT2D eigenvalue weighted by molar-refractivity contribution is 5.50. The molecule has 1 heterocycles. The number of benzene rings is 1. The molecule has 0 aliphatic rings. The molecule has 0 radical (unpaired) electrons. The first kappa shape index (κ1) is 11.7. The number of methoxy groups -OCH3 is 1. The fourth-order valence-corrected chi connectivity index (χ4v) is 1.84. The second-order valence-corrected chi connectivity index (χ2v) is 4.05. The molecule has 0 aliphatic heterocycles. The lowest BCUT2D eigenvalue weighted by molar-refractivity contribution is 0.185. The molecular weight excluding hydrogens is 212 g/mol. The van der Waals surface area contributed by atoms with Crippen LogP contribution < -0.4 is 5.32 Å². The van der Waals surface area contributed by atoms with Crippen LogP contribution in [0.5, 0.6) is 0 Å². The zero-order chi connectivity index (χ0) is 12.1. The third-order valence-electron chi connectivity index (χ3n) is 2.83. The van der Waals surface area contributed by atoms with E-state index in [1.165, 1.54) is 11.3 Å². The zero-order valence-corrected chi connectivity index (χ0v) is 10.3. The summed E-state index contributed by atoms with van der Waals surface area (Å²) in [7, 11) is 3.77. The van der Waals surface area contributed by atoms with E-state index in [9.17, 15) is 0 Å². The summed E-state index contributed by atoms with van der Waals surface area (Å²) in [6.45, 7) is 1.46. The number of nitrogens with zero attached hydrogens (tertiary/aromatic N) is 1. The standard InChI is InChI=1S/C14H18N2O/c1-16-9-5-7-13(16)10-15-14-8-4-3-6-12(14)11-17-2/h3-9,15H,10-11H2,1-2H3. The average molecular weight is 230 g/mol. The van der Waals surface area contributed by atoms with Crippen molar-refractivity contribution in [2.24, 2.45) is 7.05 Å². The van der Waals surface area contributed by atoms with E-state index < -0.39 is 0 Å². The molecule has 3 heteroatoms. The summed E-state index contributed by atoms with van der Waals surface area (Å²) in [4.78, 5) is 0. The predicted molar refractivity (Wildman–Crippen MR) is 69.9 cm³/mol. The van der Waals surface area contributed by atoms with Crippen molar-refractivity contribution in [3.05, 3.63) is 53.9 Å². The van der Waals surface area contributed by atoms with Crippen LogP contribution in [0.2, 0.25) is 0 Å². The minimum Gasteiger partial charge on any atom is -0.380 e. The van der Waals surface area contributed by atoms with Crippen LogP contribution >= 0.6 is 0 Å². The van der Waals surface area contributed by atoms with Crippen LogP contribution in [0.4, 0.5) is 5.69 Å². The van der Waals surface area contributed by atoms with Gasteiger partial charge in [0.1, 0.15) is 0 Å². The fraction of sp³-hybridized carbons (Fsp3) is 0.286. The van der Waals surface area contributed by atoms with Crippen molar-refractivity contribution in [3.63, 3.8) is 0 Å². The van der Waals surface area contributed by atoms with E-state index in [-0.39, 0.29) is 0 Å². The second kappa shape index (κ2) is 5.55. The Morgan fingerprint density at radius 1 is 1.18 bits per heavy atom. The lowest BCUT2D eigenvalue weighted by Gasteiger charge is -2.11. The van der Waals surface area contributed by atoms with E-state index in [2.05, 4.69) is 47.4 Å². The first-order valence-corrected chi connectivity index (χ1v) is 5.72. The van der Waals surface area contributed by atoms with Crippen molar-refractivity contribution in [3.8, 4) is 0 Å². The van der Waals surface area contributed by atoms with Crippen molar-refractivity contribution in [1.82, 2.24) is 4.57 Å². The van der Waals surface area contributed by atoms with Gasteiger partial charge in [0.25, 0.3) is 0 Å². The number of aryl methyl sites for hydroxylation is 1. The van der Waals surface area contributed by atoms with E-state index in [0.717, 1.165) is 12.2 Å². The maximum Gasteiger partial charge on any atom is 0.0733 e. The van der Waals surface area contributed by atoms with Crippen LogP contribution in [0.1, 0.15) is 11.3 Å². The molecule has 0 atom stereocenters. The minimum atomic E-state index is 0.635. The largest absolute Gasteiger partial charge is 0.380 e. The second-order valence-electron chi connectivity index (χ2n) is 4.05. The molecule has 0 amide bonds. The van der Waals surface area contributed by atoms with E-state index in [0.29, 0.717) is 6.61 Å². The summed E-state index contributed by atoms with van der Waals surface area (Å²) in [5.41, 5.74) is 3.58. The Balaban J connectivity index is 2.06. The maximum absolute atomic E-state index is 5.18. The van der Waals surface area contributed by atoms with E-state index >= 15 is 0 Å². The first-order chi connectivity index (χ1) is 8.31. The molecule has 1 N–H and O–H groups in total. The third kappa shape index (κ3) is 2.88. The van der Waals surface area contributed by atoms with Gasteiger partial charge >= 0.3 is 0 Å². The summed E-state index contributed by atoms with van der Waals surface area (Å²) in [5.74, 6) is 0. The van der Waals surface area contributed by atoms with Crippen LogP contribution in [0.3, 0.4) is 0 Å². The van der Waals surface area contributed by atoms with Crippen LogP contribution in [0.25, 0.3) is 0 Å². The SMILES string of the molecule is COCc1ccccc1NCc1cccn1C. The fourth-order valence-electron chi connectivity index (χ4n) is 1.84. The molecule has 0 bridgehead atoms. The van der Waals surface area contributed by atoms with Crippen molar-refractivity contribution in [2.45, 2.75) is 13.2 Å². The van der Waals surface area contributed by atoms with Gasteiger partial charge in [-0.15, -0.1) is 0 Å². The number of aromatic nitrogens is 1. The summed E-state index contributed by atoms with van der Waals surface area (Å²) in [6.07, 6.45) is 2.05. The molecule has 0 spiro atoms. The van der Waals surface area contributed by atoms with Gasteiger partial charge in [0.2, 0.25) is 0 Å². The number of ether oxygens (including phenoxy) is 1. The molecule has 0 aliphatic carbocycles. The molecule has 2 aromatic rings. The Bertz CT molecular complexity index is 477. The predicted octanol–water partition coefficient (Wildman–Crippen LogP) is 2.78. The summed E-state index contributed by atoms with van der Waals surface area (Å²) < 4.78 is 7.30. The quantitative estimate of drug-likeness (QED) is 0.854. The highest BCUT2D eigenvalue weighted by Gasteiger charge is 2.02. The van der Waals surface area contributed by atoms with Gasteiger partial charge in [-0.3, -0.25) is 0 Å². The minimum absolute atomic E-state index is 0.635. The summed E-state index contributed by atoms with van der Waals surface area (Å²) >= 11 is 0. The van der Waals surface area contributed by atoms with E-state index in [4.69, 9.17) is 4.74 Å². The van der Waals surface area contributed by atoms with Gasteiger partial charge in [-0.25, -0.2) is 0 Å². The Kier molecular flexibility index (Phi) is 3.83. The molecule has 0 fully saturated rings. The molecule has 17 heavy (non-hydrogen) atoms. The highest BCUT2D eigenvalue weighted by Crippen LogP contribution is 2.16. The normalized spacial score (nSPS) is 10.5. The van der Waals surface area contributed by atoms with Crippen LogP contribution in [-0.2, 0) is 24.9 Å². The smallest absolute Gasteiger partial charge is 0.0733 e.